The number of rotatable bonds is 10. The van der Waals surface area contributed by atoms with Crippen molar-refractivity contribution in [3.63, 3.8) is 0 Å². The van der Waals surface area contributed by atoms with Gasteiger partial charge in [-0.1, -0.05) is 76.3 Å². The first-order chi connectivity index (χ1) is 18.0. The molecule has 0 spiro atoms. The Morgan fingerprint density at radius 3 is 2.47 bits per heavy atom. The van der Waals surface area contributed by atoms with Crippen molar-refractivity contribution < 1.29 is 11.0 Å². The summed E-state index contributed by atoms with van der Waals surface area (Å²) < 4.78 is 7.10. The smallest absolute Gasteiger partial charge is 0.183 e. The van der Waals surface area contributed by atoms with Gasteiger partial charge in [-0.3, -0.25) is 4.79 Å². The zero-order valence-corrected chi connectivity index (χ0v) is 22.7. The minimum atomic E-state index is 0. The maximum Gasteiger partial charge on any atom is 0.183 e. The van der Waals surface area contributed by atoms with Crippen LogP contribution < -0.4 is 4.74 Å². The SMILES string of the molecule is C.CCCCC1CC1.COc1ccc(-c2ccnc3cc(C(=O)CCCc4ccc(C)cc4)nn23)cc1C.[HH]. The molecule has 204 valence electrons. The molecule has 0 N–H and O–H groups in total. The monoisotopic (exact) mass is 515 g/mol. The molecule has 1 fully saturated rings. The summed E-state index contributed by atoms with van der Waals surface area (Å²) in [6.07, 6.45) is 11.3. The molecular weight excluding hydrogens is 470 g/mol. The average molecular weight is 516 g/mol. The lowest BCUT2D eigenvalue weighted by molar-refractivity contribution is 0.0975. The standard InChI is InChI=1S/C25H25N3O2.C7H14.CH4.H2/c1-17-7-9-19(10-8-17)5-4-6-23(29)21-16-25-26-14-13-22(28(25)27-21)20-11-12-24(30-3)18(2)15-20;1-2-3-4-7-5-6-7;;/h7-16H,4-6H2,1-3H3;7H,2-6H2,1H3;1H4;1H. The second-order valence-electron chi connectivity index (χ2n) is 10.2. The molecule has 0 bridgehead atoms. The van der Waals surface area contributed by atoms with Crippen LogP contribution in [-0.4, -0.2) is 27.5 Å². The first-order valence-electron chi connectivity index (χ1n) is 13.6. The molecule has 5 nitrogen and oxygen atoms in total. The normalized spacial score (nSPS) is 12.4. The topological polar surface area (TPSA) is 56.5 Å². The van der Waals surface area contributed by atoms with Gasteiger partial charge in [0.2, 0.25) is 0 Å². The van der Waals surface area contributed by atoms with E-state index in [1.807, 2.05) is 25.1 Å². The molecule has 2 aromatic carbocycles. The van der Waals surface area contributed by atoms with Crippen molar-refractivity contribution in [2.45, 2.75) is 79.6 Å². The second kappa shape index (κ2) is 13.9. The molecule has 1 saturated carbocycles. The molecule has 38 heavy (non-hydrogen) atoms. The van der Waals surface area contributed by atoms with Crippen molar-refractivity contribution in [3.8, 4) is 17.0 Å². The highest BCUT2D eigenvalue weighted by Gasteiger charge is 2.19. The Balaban J connectivity index is 0.000000518. The second-order valence-corrected chi connectivity index (χ2v) is 10.2. The number of methoxy groups -OCH3 is 1. The lowest BCUT2D eigenvalue weighted by atomic mass is 10.0. The van der Waals surface area contributed by atoms with Gasteiger partial charge < -0.3 is 4.74 Å². The Bertz CT molecular complexity index is 1330. The number of unbranched alkanes of at least 4 members (excludes halogenated alkanes) is 1. The zero-order chi connectivity index (χ0) is 26.2. The Morgan fingerprint density at radius 2 is 1.82 bits per heavy atom. The number of hydrogen-bond acceptors (Lipinski definition) is 4. The molecule has 0 amide bonds. The first-order valence-corrected chi connectivity index (χ1v) is 13.6. The minimum absolute atomic E-state index is 0. The van der Waals surface area contributed by atoms with Crippen LogP contribution in [0.5, 0.6) is 5.75 Å². The van der Waals surface area contributed by atoms with Crippen molar-refractivity contribution in [2.75, 3.05) is 7.11 Å². The van der Waals surface area contributed by atoms with Gasteiger partial charge in [0.15, 0.2) is 11.4 Å². The number of hydrogen-bond donors (Lipinski definition) is 0. The van der Waals surface area contributed by atoms with Crippen LogP contribution in [0.25, 0.3) is 16.9 Å². The molecular formula is C33H45N3O2. The van der Waals surface area contributed by atoms with Crippen LogP contribution in [0.3, 0.4) is 0 Å². The molecule has 0 aliphatic heterocycles. The predicted octanol–water partition coefficient (Wildman–Crippen LogP) is 8.70. The Kier molecular flexibility index (Phi) is 10.6. The summed E-state index contributed by atoms with van der Waals surface area (Å²) in [5, 5.41) is 4.57. The highest BCUT2D eigenvalue weighted by molar-refractivity contribution is 5.95. The maximum absolute atomic E-state index is 12.7. The van der Waals surface area contributed by atoms with Gasteiger partial charge in [-0.2, -0.15) is 5.10 Å². The van der Waals surface area contributed by atoms with E-state index in [0.29, 0.717) is 17.8 Å². The molecule has 5 rings (SSSR count). The number of fused-ring (bicyclic) bond motifs is 1. The fourth-order valence-electron chi connectivity index (χ4n) is 4.52. The summed E-state index contributed by atoms with van der Waals surface area (Å²) in [5.41, 5.74) is 6.57. The van der Waals surface area contributed by atoms with Gasteiger partial charge in [-0.15, -0.1) is 0 Å². The number of carbonyl (C=O) groups is 1. The Morgan fingerprint density at radius 1 is 1.05 bits per heavy atom. The zero-order valence-electron chi connectivity index (χ0n) is 22.7. The van der Waals surface area contributed by atoms with Crippen LogP contribution >= 0.6 is 0 Å². The van der Waals surface area contributed by atoms with E-state index in [0.717, 1.165) is 41.3 Å². The molecule has 2 heterocycles. The fourth-order valence-corrected chi connectivity index (χ4v) is 4.52. The number of aromatic nitrogens is 3. The van der Waals surface area contributed by atoms with Crippen LogP contribution in [-0.2, 0) is 6.42 Å². The summed E-state index contributed by atoms with van der Waals surface area (Å²) >= 11 is 0. The van der Waals surface area contributed by atoms with E-state index in [1.54, 1.807) is 23.9 Å². The number of benzene rings is 2. The number of ketones is 1. The van der Waals surface area contributed by atoms with Crippen molar-refractivity contribution in [1.82, 2.24) is 14.6 Å². The summed E-state index contributed by atoms with van der Waals surface area (Å²) in [6, 6.07) is 18.1. The van der Waals surface area contributed by atoms with Crippen LogP contribution in [0.15, 0.2) is 60.8 Å². The highest BCUT2D eigenvalue weighted by Crippen LogP contribution is 2.33. The summed E-state index contributed by atoms with van der Waals surface area (Å²) in [5.74, 6) is 2.04. The van der Waals surface area contributed by atoms with Gasteiger partial charge in [-0.25, -0.2) is 9.50 Å². The Hall–Kier alpha value is -3.47. The first kappa shape index (κ1) is 29.1. The van der Waals surface area contributed by atoms with Crippen molar-refractivity contribution in [2.24, 2.45) is 5.92 Å². The molecule has 5 heteroatoms. The van der Waals surface area contributed by atoms with E-state index >= 15 is 0 Å². The van der Waals surface area contributed by atoms with Crippen LogP contribution in [0.1, 0.15) is 87.9 Å². The van der Waals surface area contributed by atoms with E-state index in [1.165, 1.54) is 43.2 Å². The third kappa shape index (κ3) is 7.77. The maximum atomic E-state index is 12.7. The third-order valence-corrected chi connectivity index (χ3v) is 6.99. The fraction of sp³-hybridized carbons (Fsp3) is 0.424. The number of aryl methyl sites for hydroxylation is 3. The summed E-state index contributed by atoms with van der Waals surface area (Å²) in [4.78, 5) is 17.1. The third-order valence-electron chi connectivity index (χ3n) is 6.99. The van der Waals surface area contributed by atoms with E-state index in [-0.39, 0.29) is 14.6 Å². The Labute approximate surface area is 229 Å². The molecule has 1 aliphatic carbocycles. The van der Waals surface area contributed by atoms with Gasteiger partial charge >= 0.3 is 0 Å². The summed E-state index contributed by atoms with van der Waals surface area (Å²) in [6.45, 7) is 6.35. The molecule has 1 aliphatic rings. The lowest BCUT2D eigenvalue weighted by Gasteiger charge is -2.08. The molecule has 4 aromatic rings. The largest absolute Gasteiger partial charge is 0.496 e. The predicted molar refractivity (Wildman–Crippen MR) is 159 cm³/mol. The van der Waals surface area contributed by atoms with Crippen molar-refractivity contribution >= 4 is 11.4 Å². The van der Waals surface area contributed by atoms with Gasteiger partial charge in [0.05, 0.1) is 12.8 Å². The van der Waals surface area contributed by atoms with E-state index in [2.05, 4.69) is 54.3 Å². The van der Waals surface area contributed by atoms with E-state index < -0.39 is 0 Å². The highest BCUT2D eigenvalue weighted by atomic mass is 16.5. The number of carbonyl (C=O) groups excluding carboxylic acids is 1. The molecule has 0 saturated heterocycles. The number of nitrogens with zero attached hydrogens (tertiary/aromatic N) is 3. The van der Waals surface area contributed by atoms with Gasteiger partial charge in [-0.05, 0) is 68.0 Å². The van der Waals surface area contributed by atoms with Gasteiger partial charge in [0.1, 0.15) is 11.4 Å². The molecule has 0 radical (unpaired) electrons. The van der Waals surface area contributed by atoms with E-state index in [9.17, 15) is 4.79 Å². The van der Waals surface area contributed by atoms with Crippen molar-refractivity contribution in [3.05, 3.63) is 83.2 Å². The number of Topliss-reactive ketones (excluding diaryl/α,β-unsaturated/α-hetero) is 1. The van der Waals surface area contributed by atoms with Crippen LogP contribution in [0.2, 0.25) is 0 Å². The average Bonchev–Trinajstić information content (AvgIpc) is 3.63. The van der Waals surface area contributed by atoms with Crippen LogP contribution in [0.4, 0.5) is 0 Å². The molecule has 2 aromatic heterocycles. The molecule has 0 atom stereocenters. The van der Waals surface area contributed by atoms with Crippen LogP contribution in [0, 0.1) is 19.8 Å². The quantitative estimate of drug-likeness (QED) is 0.198. The van der Waals surface area contributed by atoms with E-state index in [4.69, 9.17) is 4.74 Å². The van der Waals surface area contributed by atoms with Gasteiger partial charge in [0, 0.05) is 25.7 Å². The van der Waals surface area contributed by atoms with Gasteiger partial charge in [0.25, 0.3) is 0 Å². The number of ether oxygens (including phenoxy) is 1. The van der Waals surface area contributed by atoms with Crippen molar-refractivity contribution in [1.29, 1.82) is 0 Å². The minimum Gasteiger partial charge on any atom is -0.496 e. The molecule has 0 unspecified atom stereocenters. The lowest BCUT2D eigenvalue weighted by Crippen LogP contribution is -2.02. The summed E-state index contributed by atoms with van der Waals surface area (Å²) in [7, 11) is 1.66.